The maximum Gasteiger partial charge on any atom is 0.193 e. The number of thiazole rings is 1. The van der Waals surface area contributed by atoms with Crippen LogP contribution in [0.25, 0.3) is 10.6 Å². The van der Waals surface area contributed by atoms with Crippen LogP contribution in [-0.4, -0.2) is 55.7 Å². The van der Waals surface area contributed by atoms with Gasteiger partial charge in [-0.1, -0.05) is 29.8 Å². The minimum atomic E-state index is 0. The van der Waals surface area contributed by atoms with Gasteiger partial charge in [-0.2, -0.15) is 0 Å². The second-order valence-corrected chi connectivity index (χ2v) is 7.91. The van der Waals surface area contributed by atoms with Crippen LogP contribution in [0.15, 0.2) is 34.6 Å². The Bertz CT molecular complexity index is 747. The molecule has 1 atom stereocenters. The van der Waals surface area contributed by atoms with Gasteiger partial charge in [0.2, 0.25) is 0 Å². The first-order chi connectivity index (χ1) is 13.2. The summed E-state index contributed by atoms with van der Waals surface area (Å²) in [5.74, 6) is 1.62. The Morgan fingerprint density at radius 1 is 1.36 bits per heavy atom. The molecule has 1 N–H and O–H groups in total. The van der Waals surface area contributed by atoms with E-state index < -0.39 is 0 Å². The van der Waals surface area contributed by atoms with Crippen LogP contribution in [-0.2, 0) is 11.2 Å². The van der Waals surface area contributed by atoms with Gasteiger partial charge in [0.25, 0.3) is 0 Å². The molecule has 0 spiro atoms. The highest BCUT2D eigenvalue weighted by atomic mass is 127. The smallest absolute Gasteiger partial charge is 0.193 e. The average molecular weight is 514 g/mol. The number of likely N-dealkylation sites (tertiary alicyclic amines) is 1. The van der Waals surface area contributed by atoms with Crippen molar-refractivity contribution in [2.45, 2.75) is 26.7 Å². The summed E-state index contributed by atoms with van der Waals surface area (Å²) in [6.07, 6.45) is 2.04. The molecule has 1 aromatic heterocycles. The highest BCUT2D eigenvalue weighted by Crippen LogP contribution is 2.24. The number of aryl methyl sites for hydroxylation is 1. The Morgan fingerprint density at radius 3 is 2.86 bits per heavy atom. The maximum atomic E-state index is 5.30. The van der Waals surface area contributed by atoms with Gasteiger partial charge in [-0.3, -0.25) is 4.99 Å². The molecule has 7 heteroatoms. The standard InChI is InChI=1S/C21H30N4OS.HI/c1-4-22-21(25-12-10-17(13-25)14-26-3)23-11-9-19-15-27-20(24-19)18-7-5-16(2)6-8-18;/h5-8,15,17H,4,9-14H2,1-3H3,(H,22,23);1H. The van der Waals surface area contributed by atoms with Crippen molar-refractivity contribution in [3.63, 3.8) is 0 Å². The molecular formula is C21H31IN4OS. The lowest BCUT2D eigenvalue weighted by atomic mass is 10.1. The van der Waals surface area contributed by atoms with Crippen LogP contribution in [0.2, 0.25) is 0 Å². The topological polar surface area (TPSA) is 49.8 Å². The molecule has 1 aliphatic heterocycles. The third-order valence-electron chi connectivity index (χ3n) is 4.80. The lowest BCUT2D eigenvalue weighted by Gasteiger charge is -2.21. The summed E-state index contributed by atoms with van der Waals surface area (Å²) in [6.45, 7) is 8.77. The largest absolute Gasteiger partial charge is 0.384 e. The van der Waals surface area contributed by atoms with Crippen molar-refractivity contribution in [1.29, 1.82) is 0 Å². The Hall–Kier alpha value is -1.19. The van der Waals surface area contributed by atoms with Gasteiger partial charge in [-0.15, -0.1) is 35.3 Å². The Kier molecular flexibility index (Phi) is 9.67. The number of halogens is 1. The van der Waals surface area contributed by atoms with E-state index in [1.54, 1.807) is 18.4 Å². The number of aliphatic imine (C=N–C) groups is 1. The average Bonchev–Trinajstić information content (AvgIpc) is 3.32. The minimum absolute atomic E-state index is 0. The highest BCUT2D eigenvalue weighted by Gasteiger charge is 2.24. The summed E-state index contributed by atoms with van der Waals surface area (Å²) in [6, 6.07) is 8.55. The van der Waals surface area contributed by atoms with Crippen LogP contribution in [0.4, 0.5) is 0 Å². The fraction of sp³-hybridized carbons (Fsp3) is 0.524. The third-order valence-corrected chi connectivity index (χ3v) is 5.74. The quantitative estimate of drug-likeness (QED) is 0.342. The molecule has 0 bridgehead atoms. The Labute approximate surface area is 189 Å². The second kappa shape index (κ2) is 11.7. The van der Waals surface area contributed by atoms with Gasteiger partial charge in [-0.25, -0.2) is 4.98 Å². The van der Waals surface area contributed by atoms with Crippen molar-refractivity contribution < 1.29 is 4.74 Å². The zero-order valence-electron chi connectivity index (χ0n) is 17.0. The summed E-state index contributed by atoms with van der Waals surface area (Å²) >= 11 is 1.71. The molecule has 0 saturated carbocycles. The monoisotopic (exact) mass is 514 g/mol. The molecule has 1 fully saturated rings. The minimum Gasteiger partial charge on any atom is -0.384 e. The molecule has 2 aromatic rings. The number of ether oxygens (including phenoxy) is 1. The summed E-state index contributed by atoms with van der Waals surface area (Å²) in [7, 11) is 1.78. The van der Waals surface area contributed by atoms with Gasteiger partial charge in [0.1, 0.15) is 5.01 Å². The van der Waals surface area contributed by atoms with E-state index in [0.29, 0.717) is 5.92 Å². The molecule has 0 radical (unpaired) electrons. The molecule has 1 aromatic carbocycles. The number of methoxy groups -OCH3 is 1. The van der Waals surface area contributed by atoms with E-state index in [-0.39, 0.29) is 24.0 Å². The lowest BCUT2D eigenvalue weighted by Crippen LogP contribution is -2.40. The van der Waals surface area contributed by atoms with E-state index in [9.17, 15) is 0 Å². The number of nitrogens with one attached hydrogen (secondary N) is 1. The van der Waals surface area contributed by atoms with Gasteiger partial charge in [0.15, 0.2) is 5.96 Å². The molecular weight excluding hydrogens is 483 g/mol. The Morgan fingerprint density at radius 2 is 2.14 bits per heavy atom. The van der Waals surface area contributed by atoms with Crippen molar-refractivity contribution in [1.82, 2.24) is 15.2 Å². The van der Waals surface area contributed by atoms with Gasteiger partial charge in [-0.05, 0) is 20.3 Å². The van der Waals surface area contributed by atoms with E-state index in [2.05, 4.69) is 53.7 Å². The van der Waals surface area contributed by atoms with Crippen LogP contribution in [0.3, 0.4) is 0 Å². The molecule has 5 nitrogen and oxygen atoms in total. The predicted molar refractivity (Wildman–Crippen MR) is 129 cm³/mol. The summed E-state index contributed by atoms with van der Waals surface area (Å²) in [5.41, 5.74) is 3.58. The molecule has 1 saturated heterocycles. The van der Waals surface area contributed by atoms with E-state index in [4.69, 9.17) is 14.7 Å². The van der Waals surface area contributed by atoms with E-state index in [1.807, 2.05) is 0 Å². The first-order valence-corrected chi connectivity index (χ1v) is 10.6. The maximum absolute atomic E-state index is 5.30. The number of hydrogen-bond acceptors (Lipinski definition) is 4. The Balaban J connectivity index is 0.00000280. The summed E-state index contributed by atoms with van der Waals surface area (Å²) in [5, 5.41) is 6.67. The van der Waals surface area contributed by atoms with Gasteiger partial charge in [0, 0.05) is 56.6 Å². The molecule has 0 aliphatic carbocycles. The van der Waals surface area contributed by atoms with E-state index >= 15 is 0 Å². The number of guanidine groups is 1. The highest BCUT2D eigenvalue weighted by molar-refractivity contribution is 14.0. The summed E-state index contributed by atoms with van der Waals surface area (Å²) in [4.78, 5) is 12.0. The van der Waals surface area contributed by atoms with Crippen LogP contribution < -0.4 is 5.32 Å². The second-order valence-electron chi connectivity index (χ2n) is 7.05. The zero-order valence-corrected chi connectivity index (χ0v) is 20.1. The van der Waals surface area contributed by atoms with Gasteiger partial charge in [0.05, 0.1) is 12.3 Å². The first kappa shape index (κ1) is 23.1. The van der Waals surface area contributed by atoms with E-state index in [1.165, 1.54) is 17.5 Å². The molecule has 1 unspecified atom stereocenters. The summed E-state index contributed by atoms with van der Waals surface area (Å²) < 4.78 is 5.30. The van der Waals surface area contributed by atoms with Gasteiger partial charge >= 0.3 is 0 Å². The predicted octanol–water partition coefficient (Wildman–Crippen LogP) is 4.21. The number of benzene rings is 1. The van der Waals surface area contributed by atoms with Crippen molar-refractivity contribution in [2.24, 2.45) is 10.9 Å². The molecule has 0 amide bonds. The SMILES string of the molecule is CCNC(=NCCc1csc(-c2ccc(C)cc2)n1)N1CCC(COC)C1.I. The third kappa shape index (κ3) is 6.42. The van der Waals surface area contributed by atoms with E-state index in [0.717, 1.165) is 55.9 Å². The fourth-order valence-electron chi connectivity index (χ4n) is 3.35. The van der Waals surface area contributed by atoms with Crippen LogP contribution >= 0.6 is 35.3 Å². The molecule has 1 aliphatic rings. The molecule has 2 heterocycles. The van der Waals surface area contributed by atoms with Crippen molar-refractivity contribution in [3.8, 4) is 10.6 Å². The molecule has 3 rings (SSSR count). The van der Waals surface area contributed by atoms with Crippen LogP contribution in [0.1, 0.15) is 24.6 Å². The fourth-order valence-corrected chi connectivity index (χ4v) is 4.21. The lowest BCUT2D eigenvalue weighted by molar-refractivity contribution is 0.157. The number of aromatic nitrogens is 1. The normalized spacial score (nSPS) is 16.9. The molecule has 28 heavy (non-hydrogen) atoms. The number of rotatable bonds is 7. The molecule has 154 valence electrons. The van der Waals surface area contributed by atoms with Gasteiger partial charge < -0.3 is 15.0 Å². The first-order valence-electron chi connectivity index (χ1n) is 9.73. The van der Waals surface area contributed by atoms with Crippen LogP contribution in [0, 0.1) is 12.8 Å². The van der Waals surface area contributed by atoms with Crippen LogP contribution in [0.5, 0.6) is 0 Å². The van der Waals surface area contributed by atoms with Crippen molar-refractivity contribution in [2.75, 3.05) is 39.9 Å². The zero-order chi connectivity index (χ0) is 19.1. The van der Waals surface area contributed by atoms with Crippen molar-refractivity contribution in [3.05, 3.63) is 40.9 Å². The number of hydrogen-bond donors (Lipinski definition) is 1. The van der Waals surface area contributed by atoms with Crippen molar-refractivity contribution >= 4 is 41.3 Å². The number of nitrogens with zero attached hydrogens (tertiary/aromatic N) is 3.